The van der Waals surface area contributed by atoms with Crippen molar-refractivity contribution in [2.24, 2.45) is 0 Å². The first-order valence-electron chi connectivity index (χ1n) is 5.56. The number of rotatable bonds is 7. The maximum atomic E-state index is 13.0. The molecule has 0 saturated heterocycles. The fourth-order valence-corrected chi connectivity index (χ4v) is 1.37. The number of benzene rings is 1. The molecule has 0 saturated carbocycles. The maximum Gasteiger partial charge on any atom is 0.150 e. The molecule has 1 rings (SSSR count). The number of ether oxygens (including phenoxy) is 1. The van der Waals surface area contributed by atoms with Crippen LogP contribution in [0.1, 0.15) is 36.5 Å². The number of hydrogen-bond donors (Lipinski definition) is 0. The highest BCUT2D eigenvalue weighted by atomic mass is 19.1. The quantitative estimate of drug-likeness (QED) is 0.542. The fourth-order valence-electron chi connectivity index (χ4n) is 1.37. The smallest absolute Gasteiger partial charge is 0.150 e. The van der Waals surface area contributed by atoms with Gasteiger partial charge in [0.1, 0.15) is 23.6 Å². The summed E-state index contributed by atoms with van der Waals surface area (Å²) < 4.78 is 18.3. The molecule has 0 atom stereocenters. The fraction of sp³-hybridized carbons (Fsp3) is 0.385. The molecule has 0 bridgehead atoms. The van der Waals surface area contributed by atoms with Crippen molar-refractivity contribution in [2.75, 3.05) is 6.61 Å². The summed E-state index contributed by atoms with van der Waals surface area (Å²) in [7, 11) is 0. The number of halogens is 1. The largest absolute Gasteiger partial charge is 0.493 e. The van der Waals surface area contributed by atoms with Crippen LogP contribution in [-0.2, 0) is 4.79 Å². The van der Waals surface area contributed by atoms with E-state index in [9.17, 15) is 14.0 Å². The summed E-state index contributed by atoms with van der Waals surface area (Å²) in [5.74, 6) is -0.00768. The maximum absolute atomic E-state index is 13.0. The van der Waals surface area contributed by atoms with Crippen LogP contribution in [0.3, 0.4) is 0 Å². The SMILES string of the molecule is CCC(=O)CCCOc1cc(F)cc(C=O)c1. The van der Waals surface area contributed by atoms with Crippen LogP contribution in [0.2, 0.25) is 0 Å². The van der Waals surface area contributed by atoms with Crippen molar-refractivity contribution >= 4 is 12.1 Å². The zero-order chi connectivity index (χ0) is 12.7. The molecule has 0 aliphatic heterocycles. The lowest BCUT2D eigenvalue weighted by Gasteiger charge is -2.06. The number of carbonyl (C=O) groups is 2. The van der Waals surface area contributed by atoms with E-state index >= 15 is 0 Å². The molecule has 4 heteroatoms. The second-order valence-electron chi connectivity index (χ2n) is 3.68. The van der Waals surface area contributed by atoms with Crippen LogP contribution in [0.5, 0.6) is 5.75 Å². The minimum absolute atomic E-state index is 0.182. The summed E-state index contributed by atoms with van der Waals surface area (Å²) in [6.45, 7) is 2.15. The molecule has 0 amide bonds. The average molecular weight is 238 g/mol. The van der Waals surface area contributed by atoms with E-state index in [1.54, 1.807) is 0 Å². The summed E-state index contributed by atoms with van der Waals surface area (Å²) in [4.78, 5) is 21.5. The average Bonchev–Trinajstić information content (AvgIpc) is 2.33. The number of ketones is 1. The van der Waals surface area contributed by atoms with Gasteiger partial charge in [0.2, 0.25) is 0 Å². The Kier molecular flexibility index (Phi) is 5.33. The van der Waals surface area contributed by atoms with E-state index in [0.29, 0.717) is 37.9 Å². The van der Waals surface area contributed by atoms with Crippen LogP contribution in [0, 0.1) is 5.82 Å². The van der Waals surface area contributed by atoms with Gasteiger partial charge in [-0.25, -0.2) is 4.39 Å². The third-order valence-corrected chi connectivity index (χ3v) is 2.29. The molecule has 0 radical (unpaired) electrons. The summed E-state index contributed by atoms with van der Waals surface area (Å²) >= 11 is 0. The van der Waals surface area contributed by atoms with Crippen molar-refractivity contribution in [3.63, 3.8) is 0 Å². The zero-order valence-corrected chi connectivity index (χ0v) is 9.74. The Hall–Kier alpha value is -1.71. The molecule has 92 valence electrons. The molecule has 0 unspecified atom stereocenters. The van der Waals surface area contributed by atoms with Crippen molar-refractivity contribution < 1.29 is 18.7 Å². The van der Waals surface area contributed by atoms with Crippen molar-refractivity contribution in [3.05, 3.63) is 29.6 Å². The van der Waals surface area contributed by atoms with Crippen LogP contribution in [0.15, 0.2) is 18.2 Å². The van der Waals surface area contributed by atoms with Crippen molar-refractivity contribution in [2.45, 2.75) is 26.2 Å². The Morgan fingerprint density at radius 1 is 1.41 bits per heavy atom. The third kappa shape index (κ3) is 4.76. The van der Waals surface area contributed by atoms with Crippen molar-refractivity contribution in [1.82, 2.24) is 0 Å². The summed E-state index contributed by atoms with van der Waals surface area (Å²) in [5, 5.41) is 0. The van der Waals surface area contributed by atoms with Crippen molar-refractivity contribution in [3.8, 4) is 5.75 Å². The van der Waals surface area contributed by atoms with E-state index in [2.05, 4.69) is 0 Å². The standard InChI is InChI=1S/C13H15FO3/c1-2-12(16)4-3-5-17-13-7-10(9-15)6-11(14)8-13/h6-9H,2-5H2,1H3. The molecule has 0 fully saturated rings. The topological polar surface area (TPSA) is 43.4 Å². The highest BCUT2D eigenvalue weighted by Crippen LogP contribution is 2.15. The first kappa shape index (κ1) is 13.4. The molecule has 17 heavy (non-hydrogen) atoms. The van der Waals surface area contributed by atoms with Gasteiger partial charge in [-0.15, -0.1) is 0 Å². The number of carbonyl (C=O) groups excluding carboxylic acids is 2. The first-order valence-corrected chi connectivity index (χ1v) is 5.56. The van der Waals surface area contributed by atoms with E-state index in [0.717, 1.165) is 6.07 Å². The molecule has 0 spiro atoms. The Labute approximate surface area is 99.6 Å². The molecule has 0 aliphatic carbocycles. The van der Waals surface area contributed by atoms with Gasteiger partial charge >= 0.3 is 0 Å². The van der Waals surface area contributed by atoms with E-state index in [4.69, 9.17) is 4.74 Å². The summed E-state index contributed by atoms with van der Waals surface area (Å²) in [6, 6.07) is 3.83. The minimum atomic E-state index is -0.505. The van der Waals surface area contributed by atoms with Crippen LogP contribution in [-0.4, -0.2) is 18.7 Å². The monoisotopic (exact) mass is 238 g/mol. The van der Waals surface area contributed by atoms with Gasteiger partial charge in [-0.1, -0.05) is 6.92 Å². The molecule has 3 nitrogen and oxygen atoms in total. The van der Waals surface area contributed by atoms with Gasteiger partial charge in [-0.2, -0.15) is 0 Å². The van der Waals surface area contributed by atoms with Crippen molar-refractivity contribution in [1.29, 1.82) is 0 Å². The van der Waals surface area contributed by atoms with Crippen LogP contribution >= 0.6 is 0 Å². The van der Waals surface area contributed by atoms with Gasteiger partial charge in [-0.3, -0.25) is 9.59 Å². The predicted octanol–water partition coefficient (Wildman–Crippen LogP) is 2.78. The summed E-state index contributed by atoms with van der Waals surface area (Å²) in [6.07, 6.45) is 2.15. The van der Waals surface area contributed by atoms with Gasteiger partial charge in [0.15, 0.2) is 0 Å². The molecular weight excluding hydrogens is 223 g/mol. The normalized spacial score (nSPS) is 10.0. The Morgan fingerprint density at radius 3 is 2.82 bits per heavy atom. The number of hydrogen-bond acceptors (Lipinski definition) is 3. The van der Waals surface area contributed by atoms with Gasteiger partial charge in [0.05, 0.1) is 6.61 Å². The van der Waals surface area contributed by atoms with Gasteiger partial charge in [-0.05, 0) is 18.6 Å². The van der Waals surface area contributed by atoms with Gasteiger partial charge in [0.25, 0.3) is 0 Å². The summed E-state index contributed by atoms with van der Waals surface area (Å²) in [5.41, 5.74) is 0.240. The second kappa shape index (κ2) is 6.78. The Bertz CT molecular complexity index is 402. The zero-order valence-electron chi connectivity index (χ0n) is 9.74. The molecule has 0 N–H and O–H groups in total. The third-order valence-electron chi connectivity index (χ3n) is 2.29. The van der Waals surface area contributed by atoms with Gasteiger partial charge < -0.3 is 4.74 Å². The van der Waals surface area contributed by atoms with Crippen LogP contribution in [0.25, 0.3) is 0 Å². The van der Waals surface area contributed by atoms with Gasteiger partial charge in [0, 0.05) is 24.5 Å². The van der Waals surface area contributed by atoms with E-state index in [1.807, 2.05) is 6.92 Å². The molecular formula is C13H15FO3. The number of Topliss-reactive ketones (excluding diaryl/α,β-unsaturated/α-hetero) is 1. The number of aldehydes is 1. The van der Waals surface area contributed by atoms with E-state index in [-0.39, 0.29) is 11.3 Å². The highest BCUT2D eigenvalue weighted by Gasteiger charge is 2.02. The lowest BCUT2D eigenvalue weighted by atomic mass is 10.2. The second-order valence-corrected chi connectivity index (χ2v) is 3.68. The lowest BCUT2D eigenvalue weighted by Crippen LogP contribution is -2.02. The Balaban J connectivity index is 2.43. The first-order chi connectivity index (χ1) is 8.15. The molecule has 1 aromatic carbocycles. The van der Waals surface area contributed by atoms with E-state index < -0.39 is 5.82 Å². The van der Waals surface area contributed by atoms with Crippen LogP contribution < -0.4 is 4.74 Å². The predicted molar refractivity (Wildman–Crippen MR) is 61.8 cm³/mol. The molecule has 0 aromatic heterocycles. The molecule has 0 heterocycles. The minimum Gasteiger partial charge on any atom is -0.493 e. The molecule has 1 aromatic rings. The van der Waals surface area contributed by atoms with E-state index in [1.165, 1.54) is 12.1 Å². The Morgan fingerprint density at radius 2 is 2.18 bits per heavy atom. The lowest BCUT2D eigenvalue weighted by molar-refractivity contribution is -0.118. The highest BCUT2D eigenvalue weighted by molar-refractivity contribution is 5.77. The van der Waals surface area contributed by atoms with Crippen LogP contribution in [0.4, 0.5) is 4.39 Å². The molecule has 0 aliphatic rings.